The van der Waals surface area contributed by atoms with E-state index in [1.165, 1.54) is 22.5 Å². The Bertz CT molecular complexity index is 873. The van der Waals surface area contributed by atoms with Crippen LogP contribution in [0.25, 0.3) is 10.6 Å². The predicted molar refractivity (Wildman–Crippen MR) is 101 cm³/mol. The van der Waals surface area contributed by atoms with Crippen molar-refractivity contribution in [1.29, 1.82) is 0 Å². The van der Waals surface area contributed by atoms with Crippen molar-refractivity contribution in [3.8, 4) is 16.3 Å². The molecule has 1 amide bonds. The lowest BCUT2D eigenvalue weighted by Crippen LogP contribution is -2.25. The highest BCUT2D eigenvalue weighted by molar-refractivity contribution is 7.13. The van der Waals surface area contributed by atoms with E-state index in [0.717, 1.165) is 22.7 Å². The summed E-state index contributed by atoms with van der Waals surface area (Å²) in [5, 5.41) is 5.49. The maximum Gasteiger partial charge on any atom is 0.270 e. The van der Waals surface area contributed by atoms with Crippen molar-refractivity contribution in [2.24, 2.45) is 0 Å². The number of aryl methyl sites for hydroxylation is 1. The minimum atomic E-state index is -0.148. The van der Waals surface area contributed by atoms with Crippen molar-refractivity contribution in [2.45, 2.75) is 13.3 Å². The van der Waals surface area contributed by atoms with Crippen LogP contribution in [-0.4, -0.2) is 24.5 Å². The van der Waals surface area contributed by atoms with Crippen LogP contribution in [0.15, 0.2) is 53.9 Å². The molecule has 5 heteroatoms. The van der Waals surface area contributed by atoms with Crippen molar-refractivity contribution >= 4 is 17.2 Å². The molecular formula is C20H20N2O2S. The first-order chi connectivity index (χ1) is 12.2. The zero-order valence-electron chi connectivity index (χ0n) is 14.3. The first-order valence-corrected chi connectivity index (χ1v) is 8.98. The van der Waals surface area contributed by atoms with Gasteiger partial charge >= 0.3 is 0 Å². The fraction of sp³-hybridized carbons (Fsp3) is 0.200. The fourth-order valence-corrected chi connectivity index (χ4v) is 3.43. The van der Waals surface area contributed by atoms with Crippen molar-refractivity contribution in [3.63, 3.8) is 0 Å². The van der Waals surface area contributed by atoms with Gasteiger partial charge in [-0.25, -0.2) is 4.98 Å². The van der Waals surface area contributed by atoms with Gasteiger partial charge in [0.15, 0.2) is 0 Å². The quantitative estimate of drug-likeness (QED) is 0.727. The number of thiazole rings is 1. The van der Waals surface area contributed by atoms with E-state index in [-0.39, 0.29) is 5.91 Å². The molecule has 2 aromatic carbocycles. The summed E-state index contributed by atoms with van der Waals surface area (Å²) in [5.74, 6) is 0.605. The molecule has 0 saturated heterocycles. The summed E-state index contributed by atoms with van der Waals surface area (Å²) in [4.78, 5) is 16.8. The highest BCUT2D eigenvalue weighted by Crippen LogP contribution is 2.31. The smallest absolute Gasteiger partial charge is 0.270 e. The van der Waals surface area contributed by atoms with Gasteiger partial charge in [-0.1, -0.05) is 42.0 Å². The number of nitrogens with one attached hydrogen (secondary N) is 1. The number of para-hydroxylation sites is 1. The van der Waals surface area contributed by atoms with Crippen LogP contribution in [0, 0.1) is 6.92 Å². The Labute approximate surface area is 151 Å². The largest absolute Gasteiger partial charge is 0.496 e. The van der Waals surface area contributed by atoms with E-state index in [9.17, 15) is 4.79 Å². The molecule has 0 atom stereocenters. The standard InChI is InChI=1S/C20H20N2O2S/c1-14-6-5-7-15(12-14)10-11-21-19(23)17-13-25-20(22-17)16-8-3-4-9-18(16)24-2/h3-9,12-13H,10-11H2,1-2H3,(H,21,23). The lowest BCUT2D eigenvalue weighted by Gasteiger charge is -2.05. The van der Waals surface area contributed by atoms with Crippen LogP contribution < -0.4 is 10.1 Å². The number of nitrogens with zero attached hydrogens (tertiary/aromatic N) is 1. The summed E-state index contributed by atoms with van der Waals surface area (Å²) in [6, 6.07) is 16.0. The van der Waals surface area contributed by atoms with Crippen molar-refractivity contribution < 1.29 is 9.53 Å². The first kappa shape index (κ1) is 17.2. The molecule has 0 spiro atoms. The molecule has 1 heterocycles. The molecule has 0 aliphatic rings. The van der Waals surface area contributed by atoms with Gasteiger partial charge in [0.25, 0.3) is 5.91 Å². The molecular weight excluding hydrogens is 332 g/mol. The summed E-state index contributed by atoms with van der Waals surface area (Å²) in [5.41, 5.74) is 3.78. The van der Waals surface area contributed by atoms with Crippen LogP contribution >= 0.6 is 11.3 Å². The van der Waals surface area contributed by atoms with Gasteiger partial charge in [0.05, 0.1) is 12.7 Å². The molecule has 0 radical (unpaired) electrons. The maximum absolute atomic E-state index is 12.3. The number of carbonyl (C=O) groups excluding carboxylic acids is 1. The average Bonchev–Trinajstić information content (AvgIpc) is 3.12. The molecule has 0 aliphatic heterocycles. The molecule has 1 N–H and O–H groups in total. The summed E-state index contributed by atoms with van der Waals surface area (Å²) in [7, 11) is 1.63. The summed E-state index contributed by atoms with van der Waals surface area (Å²) < 4.78 is 5.36. The van der Waals surface area contributed by atoms with Crippen LogP contribution in [0.4, 0.5) is 0 Å². The number of benzene rings is 2. The molecule has 0 bridgehead atoms. The Kier molecular flexibility index (Phi) is 5.46. The van der Waals surface area contributed by atoms with Gasteiger partial charge in [0.2, 0.25) is 0 Å². The third-order valence-corrected chi connectivity index (χ3v) is 4.73. The second kappa shape index (κ2) is 7.94. The van der Waals surface area contributed by atoms with Crippen molar-refractivity contribution in [2.75, 3.05) is 13.7 Å². The second-order valence-corrected chi connectivity index (χ2v) is 6.59. The van der Waals surface area contributed by atoms with Crippen LogP contribution in [0.3, 0.4) is 0 Å². The van der Waals surface area contributed by atoms with Gasteiger partial charge in [-0.05, 0) is 31.0 Å². The van der Waals surface area contributed by atoms with Crippen LogP contribution in [-0.2, 0) is 6.42 Å². The minimum Gasteiger partial charge on any atom is -0.496 e. The van der Waals surface area contributed by atoms with Crippen LogP contribution in [0.2, 0.25) is 0 Å². The first-order valence-electron chi connectivity index (χ1n) is 8.10. The number of rotatable bonds is 6. The fourth-order valence-electron chi connectivity index (χ4n) is 2.60. The third-order valence-electron chi connectivity index (χ3n) is 3.86. The molecule has 3 rings (SSSR count). The van der Waals surface area contributed by atoms with E-state index in [1.807, 2.05) is 30.3 Å². The zero-order chi connectivity index (χ0) is 17.6. The minimum absolute atomic E-state index is 0.148. The third kappa shape index (κ3) is 4.25. The molecule has 1 aromatic heterocycles. The van der Waals surface area contributed by atoms with Crippen molar-refractivity contribution in [1.82, 2.24) is 10.3 Å². The number of amides is 1. The van der Waals surface area contributed by atoms with E-state index >= 15 is 0 Å². The normalized spacial score (nSPS) is 10.5. The molecule has 3 aromatic rings. The average molecular weight is 352 g/mol. The number of aromatic nitrogens is 1. The number of carbonyl (C=O) groups is 1. The van der Waals surface area contributed by atoms with Crippen LogP contribution in [0.1, 0.15) is 21.6 Å². The molecule has 0 aliphatic carbocycles. The van der Waals surface area contributed by atoms with E-state index in [1.54, 1.807) is 12.5 Å². The van der Waals surface area contributed by atoms with Gasteiger partial charge < -0.3 is 10.1 Å². The lowest BCUT2D eigenvalue weighted by molar-refractivity contribution is 0.0950. The van der Waals surface area contributed by atoms with Gasteiger partial charge in [-0.15, -0.1) is 11.3 Å². The lowest BCUT2D eigenvalue weighted by atomic mass is 10.1. The van der Waals surface area contributed by atoms with E-state index in [0.29, 0.717) is 12.2 Å². The SMILES string of the molecule is COc1ccccc1-c1nc(C(=O)NCCc2cccc(C)c2)cs1. The summed E-state index contributed by atoms with van der Waals surface area (Å²) >= 11 is 1.44. The number of ether oxygens (including phenoxy) is 1. The number of hydrogen-bond acceptors (Lipinski definition) is 4. The highest BCUT2D eigenvalue weighted by atomic mass is 32.1. The molecule has 0 fully saturated rings. The van der Waals surface area contributed by atoms with Crippen molar-refractivity contribution in [3.05, 3.63) is 70.7 Å². The van der Waals surface area contributed by atoms with Crippen LogP contribution in [0.5, 0.6) is 5.75 Å². The Morgan fingerprint density at radius 3 is 2.84 bits per heavy atom. The van der Waals surface area contributed by atoms with E-state index in [4.69, 9.17) is 4.74 Å². The number of methoxy groups -OCH3 is 1. The topological polar surface area (TPSA) is 51.2 Å². The Balaban J connectivity index is 1.63. The summed E-state index contributed by atoms with van der Waals surface area (Å²) in [6.45, 7) is 2.65. The highest BCUT2D eigenvalue weighted by Gasteiger charge is 2.14. The molecule has 128 valence electrons. The number of hydrogen-bond donors (Lipinski definition) is 1. The molecule has 25 heavy (non-hydrogen) atoms. The van der Waals surface area contributed by atoms with Gasteiger partial charge in [-0.2, -0.15) is 0 Å². The Morgan fingerprint density at radius 2 is 2.04 bits per heavy atom. The van der Waals surface area contributed by atoms with Gasteiger partial charge in [0.1, 0.15) is 16.5 Å². The monoisotopic (exact) mass is 352 g/mol. The van der Waals surface area contributed by atoms with Gasteiger partial charge in [-0.3, -0.25) is 4.79 Å². The van der Waals surface area contributed by atoms with E-state index < -0.39 is 0 Å². The van der Waals surface area contributed by atoms with E-state index in [2.05, 4.69) is 35.4 Å². The second-order valence-electron chi connectivity index (χ2n) is 5.73. The maximum atomic E-state index is 12.3. The van der Waals surface area contributed by atoms with Gasteiger partial charge in [0, 0.05) is 11.9 Å². The molecule has 0 unspecified atom stereocenters. The Hall–Kier alpha value is -2.66. The summed E-state index contributed by atoms with van der Waals surface area (Å²) in [6.07, 6.45) is 0.803. The predicted octanol–water partition coefficient (Wildman–Crippen LogP) is 4.10. The zero-order valence-corrected chi connectivity index (χ0v) is 15.1. The molecule has 0 saturated carbocycles. The molecule has 4 nitrogen and oxygen atoms in total. The Morgan fingerprint density at radius 1 is 1.20 bits per heavy atom.